The number of epoxide rings is 1. The summed E-state index contributed by atoms with van der Waals surface area (Å²) in [7, 11) is 1.56. The van der Waals surface area contributed by atoms with Crippen LogP contribution >= 0.6 is 11.6 Å². The van der Waals surface area contributed by atoms with Gasteiger partial charge in [0.15, 0.2) is 0 Å². The molecule has 0 aromatic carbocycles. The van der Waals surface area contributed by atoms with Crippen molar-refractivity contribution in [2.45, 2.75) is 109 Å². The van der Waals surface area contributed by atoms with Gasteiger partial charge in [0.05, 0.1) is 23.5 Å². The molecule has 1 aliphatic heterocycles. The van der Waals surface area contributed by atoms with E-state index in [2.05, 4.69) is 11.4 Å². The smallest absolute Gasteiger partial charge is 0.407 e. The van der Waals surface area contributed by atoms with Gasteiger partial charge in [0, 0.05) is 20.1 Å². The van der Waals surface area contributed by atoms with Crippen molar-refractivity contribution in [3.8, 4) is 0 Å². The molecule has 1 unspecified atom stereocenters. The lowest BCUT2D eigenvalue weighted by Crippen LogP contribution is -2.61. The largest absolute Gasteiger partial charge is 0.460 e. The van der Waals surface area contributed by atoms with E-state index in [1.807, 2.05) is 20.8 Å². The monoisotopic (exact) mass is 503 g/mol. The Labute approximate surface area is 208 Å². The minimum absolute atomic E-state index is 0.0445. The van der Waals surface area contributed by atoms with Gasteiger partial charge in [-0.25, -0.2) is 4.79 Å². The highest BCUT2D eigenvalue weighted by atomic mass is 35.5. The summed E-state index contributed by atoms with van der Waals surface area (Å²) >= 11 is 6.23. The van der Waals surface area contributed by atoms with Crippen LogP contribution in [0, 0.1) is 5.92 Å². The van der Waals surface area contributed by atoms with Crippen molar-refractivity contribution < 1.29 is 33.6 Å². The second-order valence-electron chi connectivity index (χ2n) is 10.8. The fraction of sp³-hybridized carbons (Fsp3) is 0.840. The summed E-state index contributed by atoms with van der Waals surface area (Å²) in [6.45, 7) is 11.7. The minimum Gasteiger partial charge on any atom is -0.460 e. The van der Waals surface area contributed by atoms with Gasteiger partial charge in [0.1, 0.15) is 23.4 Å². The molecule has 8 nitrogen and oxygen atoms in total. The SMILES string of the molecule is CO[C@@H]1[C@H](OC(=O)CCCNC(=O)OC(C)(C)C)CC[C@](O)(CCl)[C@H]1[C@@]1(C)OC1CC=C(C)C. The van der Waals surface area contributed by atoms with Crippen LogP contribution in [0.25, 0.3) is 0 Å². The van der Waals surface area contributed by atoms with Gasteiger partial charge >= 0.3 is 12.1 Å². The van der Waals surface area contributed by atoms with Crippen molar-refractivity contribution in [1.29, 1.82) is 0 Å². The number of methoxy groups -OCH3 is 1. The molecule has 196 valence electrons. The number of amides is 1. The maximum Gasteiger partial charge on any atom is 0.407 e. The van der Waals surface area contributed by atoms with E-state index in [0.29, 0.717) is 25.8 Å². The van der Waals surface area contributed by atoms with Crippen molar-refractivity contribution in [3.05, 3.63) is 11.6 Å². The number of hydrogen-bond acceptors (Lipinski definition) is 7. The van der Waals surface area contributed by atoms with Crippen LogP contribution in [0.1, 0.15) is 73.6 Å². The summed E-state index contributed by atoms with van der Waals surface area (Å²) in [6.07, 6.45) is 2.58. The molecule has 0 spiro atoms. The fourth-order valence-corrected chi connectivity index (χ4v) is 5.09. The van der Waals surface area contributed by atoms with Gasteiger partial charge in [0.25, 0.3) is 0 Å². The van der Waals surface area contributed by atoms with E-state index in [4.69, 9.17) is 30.5 Å². The molecule has 34 heavy (non-hydrogen) atoms. The molecule has 2 aliphatic rings. The molecule has 1 amide bonds. The Morgan fingerprint density at radius 2 is 1.97 bits per heavy atom. The van der Waals surface area contributed by atoms with Crippen LogP contribution in [0.5, 0.6) is 0 Å². The van der Waals surface area contributed by atoms with Crippen LogP contribution in [0.15, 0.2) is 11.6 Å². The fourth-order valence-electron chi connectivity index (χ4n) is 4.79. The van der Waals surface area contributed by atoms with Crippen molar-refractivity contribution in [1.82, 2.24) is 5.32 Å². The Kier molecular flexibility index (Phi) is 9.85. The zero-order chi connectivity index (χ0) is 25.7. The Morgan fingerprint density at radius 3 is 2.53 bits per heavy atom. The van der Waals surface area contributed by atoms with Crippen molar-refractivity contribution in [3.63, 3.8) is 0 Å². The van der Waals surface area contributed by atoms with Gasteiger partial charge in [-0.2, -0.15) is 0 Å². The number of carbonyl (C=O) groups excluding carboxylic acids is 2. The van der Waals surface area contributed by atoms with E-state index in [-0.39, 0.29) is 24.4 Å². The summed E-state index contributed by atoms with van der Waals surface area (Å²) in [5, 5.41) is 14.0. The first-order valence-corrected chi connectivity index (χ1v) is 12.6. The Hall–Kier alpha value is -1.35. The average molecular weight is 504 g/mol. The van der Waals surface area contributed by atoms with Crippen molar-refractivity contribution in [2.75, 3.05) is 19.5 Å². The number of allylic oxidation sites excluding steroid dienone is 1. The Morgan fingerprint density at radius 1 is 1.29 bits per heavy atom. The number of nitrogens with one attached hydrogen (secondary N) is 1. The maximum absolute atomic E-state index is 12.5. The molecule has 2 fully saturated rings. The average Bonchev–Trinajstić information content (AvgIpc) is 3.39. The lowest BCUT2D eigenvalue weighted by molar-refractivity contribution is -0.192. The predicted molar refractivity (Wildman–Crippen MR) is 130 cm³/mol. The topological polar surface area (TPSA) is 107 Å². The van der Waals surface area contributed by atoms with E-state index in [0.717, 1.165) is 6.42 Å². The number of aliphatic hydroxyl groups is 1. The molecule has 6 atom stereocenters. The van der Waals surface area contributed by atoms with Gasteiger partial charge in [-0.05, 0) is 67.2 Å². The second-order valence-corrected chi connectivity index (χ2v) is 11.1. The molecule has 1 heterocycles. The maximum atomic E-state index is 12.5. The van der Waals surface area contributed by atoms with Gasteiger partial charge in [-0.3, -0.25) is 4.79 Å². The lowest BCUT2D eigenvalue weighted by Gasteiger charge is -2.48. The van der Waals surface area contributed by atoms with Crippen LogP contribution in [0.4, 0.5) is 4.79 Å². The normalized spacial score (nSPS) is 33.1. The molecule has 0 aromatic rings. The standard InChI is InChI=1S/C25H42ClNO7/c1-16(2)10-11-18-24(6,33-18)21-20(31-7)17(12-13-25(21,30)15-26)32-19(28)9-8-14-27-22(29)34-23(3,4)5/h10,17-18,20-21,30H,8-9,11-15H2,1-7H3,(H,27,29)/t17-,18?,20-,21-,24+,25+/m1/s1. The summed E-state index contributed by atoms with van der Waals surface area (Å²) in [5.74, 6) is -0.780. The lowest BCUT2D eigenvalue weighted by atomic mass is 9.66. The molecular formula is C25H42ClNO7. The second kappa shape index (κ2) is 11.6. The number of hydrogen-bond donors (Lipinski definition) is 2. The Balaban J connectivity index is 1.96. The number of alkyl carbamates (subject to hydrolysis) is 1. The van der Waals surface area contributed by atoms with E-state index in [1.165, 1.54) is 5.57 Å². The van der Waals surface area contributed by atoms with Crippen LogP contribution in [-0.2, 0) is 23.7 Å². The molecule has 2 N–H and O–H groups in total. The highest BCUT2D eigenvalue weighted by molar-refractivity contribution is 6.18. The van der Waals surface area contributed by atoms with Crippen LogP contribution in [-0.4, -0.2) is 71.8 Å². The van der Waals surface area contributed by atoms with E-state index in [9.17, 15) is 14.7 Å². The molecule has 2 rings (SSSR count). The Bertz CT molecular complexity index is 748. The molecule has 0 radical (unpaired) electrons. The highest BCUT2D eigenvalue weighted by Crippen LogP contribution is 2.54. The van der Waals surface area contributed by atoms with Crippen LogP contribution < -0.4 is 5.32 Å². The van der Waals surface area contributed by atoms with E-state index < -0.39 is 41.0 Å². The summed E-state index contributed by atoms with van der Waals surface area (Å²) in [4.78, 5) is 24.3. The third kappa shape index (κ3) is 7.57. The first kappa shape index (κ1) is 28.9. The first-order valence-electron chi connectivity index (χ1n) is 12.0. The molecule has 1 saturated carbocycles. The number of alkyl halides is 1. The number of esters is 1. The van der Waals surface area contributed by atoms with Crippen LogP contribution in [0.2, 0.25) is 0 Å². The molecule has 9 heteroatoms. The third-order valence-corrected chi connectivity index (χ3v) is 6.95. The van der Waals surface area contributed by atoms with Crippen molar-refractivity contribution >= 4 is 23.7 Å². The zero-order valence-corrected chi connectivity index (χ0v) is 22.4. The van der Waals surface area contributed by atoms with Gasteiger partial charge in [-0.1, -0.05) is 11.6 Å². The molecule has 0 bridgehead atoms. The summed E-state index contributed by atoms with van der Waals surface area (Å²) < 4.78 is 22.8. The van der Waals surface area contributed by atoms with Gasteiger partial charge in [-0.15, -0.1) is 11.6 Å². The summed E-state index contributed by atoms with van der Waals surface area (Å²) in [5.41, 5.74) is -1.19. The predicted octanol–water partition coefficient (Wildman–Crippen LogP) is 4.11. The summed E-state index contributed by atoms with van der Waals surface area (Å²) in [6, 6.07) is 0. The van der Waals surface area contributed by atoms with Gasteiger partial charge in [0.2, 0.25) is 0 Å². The number of rotatable bonds is 10. The molecule has 0 aromatic heterocycles. The third-order valence-electron chi connectivity index (χ3n) is 6.48. The molecule has 1 saturated heterocycles. The van der Waals surface area contributed by atoms with Crippen molar-refractivity contribution in [2.24, 2.45) is 5.92 Å². The quantitative estimate of drug-likeness (QED) is 0.152. The van der Waals surface area contributed by atoms with Crippen LogP contribution in [0.3, 0.4) is 0 Å². The highest BCUT2D eigenvalue weighted by Gasteiger charge is 2.67. The number of carbonyl (C=O) groups is 2. The van der Waals surface area contributed by atoms with E-state index in [1.54, 1.807) is 27.9 Å². The van der Waals surface area contributed by atoms with Gasteiger partial charge < -0.3 is 29.4 Å². The van der Waals surface area contributed by atoms with E-state index >= 15 is 0 Å². The zero-order valence-electron chi connectivity index (χ0n) is 21.6. The first-order chi connectivity index (χ1) is 15.8. The molecule has 1 aliphatic carbocycles. The minimum atomic E-state index is -1.18. The number of ether oxygens (including phenoxy) is 4. The molecular weight excluding hydrogens is 462 g/mol. The number of halogens is 1.